The van der Waals surface area contributed by atoms with Gasteiger partial charge in [-0.05, 0) is 19.3 Å². The first kappa shape index (κ1) is 6.64. The maximum Gasteiger partial charge on any atom is 0.0944 e. The molecule has 0 bridgehead atoms. The number of halogens is 1. The minimum absolute atomic E-state index is 0.105. The molecule has 0 aromatic heterocycles. The van der Waals surface area contributed by atoms with E-state index in [0.29, 0.717) is 0 Å². The number of hydrogen-bond acceptors (Lipinski definition) is 1. The number of alkyl halides is 1. The van der Waals surface area contributed by atoms with Crippen molar-refractivity contribution in [3.05, 3.63) is 11.6 Å². The number of hydrogen-bond donors (Lipinski definition) is 0. The van der Waals surface area contributed by atoms with Crippen molar-refractivity contribution in [1.82, 2.24) is 0 Å². The van der Waals surface area contributed by atoms with E-state index in [1.807, 2.05) is 6.08 Å². The number of nitrogens with zero attached hydrogens (tertiary/aromatic N) is 1. The van der Waals surface area contributed by atoms with Gasteiger partial charge in [-0.3, -0.25) is 0 Å². The summed E-state index contributed by atoms with van der Waals surface area (Å²) < 4.78 is 0. The molecule has 1 aliphatic carbocycles. The lowest BCUT2D eigenvalue weighted by Gasteiger charge is -2.10. The van der Waals surface area contributed by atoms with Crippen LogP contribution in [0.4, 0.5) is 0 Å². The van der Waals surface area contributed by atoms with Crippen LogP contribution in [0.1, 0.15) is 19.3 Å². The molecule has 0 heterocycles. The van der Waals surface area contributed by atoms with Gasteiger partial charge in [-0.1, -0.05) is 6.08 Å². The van der Waals surface area contributed by atoms with Gasteiger partial charge in [0, 0.05) is 5.57 Å². The first-order valence-corrected chi connectivity index (χ1v) is 3.51. The molecule has 0 spiro atoms. The van der Waals surface area contributed by atoms with Crippen LogP contribution in [0.5, 0.6) is 0 Å². The van der Waals surface area contributed by atoms with E-state index in [4.69, 9.17) is 16.9 Å². The van der Waals surface area contributed by atoms with E-state index < -0.39 is 0 Å². The monoisotopic (exact) mass is 141 g/mol. The van der Waals surface area contributed by atoms with E-state index in [0.717, 1.165) is 24.8 Å². The fourth-order valence-corrected chi connectivity index (χ4v) is 1.27. The van der Waals surface area contributed by atoms with Crippen molar-refractivity contribution in [2.75, 3.05) is 0 Å². The molecule has 0 saturated heterocycles. The van der Waals surface area contributed by atoms with Gasteiger partial charge in [0.05, 0.1) is 11.4 Å². The zero-order valence-electron chi connectivity index (χ0n) is 5.10. The third kappa shape index (κ3) is 1.73. The molecule has 1 rings (SSSR count). The Kier molecular flexibility index (Phi) is 2.13. The van der Waals surface area contributed by atoms with E-state index in [1.165, 1.54) is 0 Å². The average Bonchev–Trinajstić information content (AvgIpc) is 1.88. The van der Waals surface area contributed by atoms with E-state index in [1.54, 1.807) is 0 Å². The topological polar surface area (TPSA) is 23.8 Å². The second-order valence-corrected chi connectivity index (χ2v) is 2.77. The smallest absolute Gasteiger partial charge is 0.0944 e. The molecule has 48 valence electrons. The molecule has 0 amide bonds. The quantitative estimate of drug-likeness (QED) is 0.475. The minimum Gasteiger partial charge on any atom is -0.193 e. The number of rotatable bonds is 0. The molecular formula is C7H8ClN. The van der Waals surface area contributed by atoms with E-state index in [2.05, 4.69) is 6.07 Å². The van der Waals surface area contributed by atoms with Crippen molar-refractivity contribution in [2.45, 2.75) is 24.6 Å². The molecule has 0 fully saturated rings. The van der Waals surface area contributed by atoms with Crippen LogP contribution in [-0.4, -0.2) is 5.38 Å². The minimum atomic E-state index is 0.105. The highest BCUT2D eigenvalue weighted by atomic mass is 35.5. The predicted molar refractivity (Wildman–Crippen MR) is 37.2 cm³/mol. The zero-order chi connectivity index (χ0) is 6.69. The summed E-state index contributed by atoms with van der Waals surface area (Å²) in [6.07, 6.45) is 4.85. The highest BCUT2D eigenvalue weighted by molar-refractivity contribution is 6.21. The molecule has 9 heavy (non-hydrogen) atoms. The van der Waals surface area contributed by atoms with E-state index >= 15 is 0 Å². The normalized spacial score (nSPS) is 26.7. The molecular weight excluding hydrogens is 134 g/mol. The predicted octanol–water partition coefficient (Wildman–Crippen LogP) is 2.23. The Morgan fingerprint density at radius 2 is 2.56 bits per heavy atom. The number of allylic oxidation sites excluding steroid dienone is 2. The summed E-state index contributed by atoms with van der Waals surface area (Å²) in [5.41, 5.74) is 0.848. The summed E-state index contributed by atoms with van der Waals surface area (Å²) in [4.78, 5) is 0. The Hall–Kier alpha value is -0.480. The summed E-state index contributed by atoms with van der Waals surface area (Å²) in [6.45, 7) is 0. The highest BCUT2D eigenvalue weighted by Crippen LogP contribution is 2.20. The molecule has 1 atom stereocenters. The van der Waals surface area contributed by atoms with Crippen LogP contribution in [-0.2, 0) is 0 Å². The van der Waals surface area contributed by atoms with Gasteiger partial charge in [0.1, 0.15) is 0 Å². The molecule has 0 N–H and O–H groups in total. The maximum absolute atomic E-state index is 8.43. The van der Waals surface area contributed by atoms with Crippen molar-refractivity contribution in [1.29, 1.82) is 5.26 Å². The first-order chi connectivity index (χ1) is 4.33. The molecule has 0 radical (unpaired) electrons. The maximum atomic E-state index is 8.43. The lowest BCUT2D eigenvalue weighted by atomic mass is 10.0. The molecule has 1 unspecified atom stereocenters. The summed E-state index contributed by atoms with van der Waals surface area (Å²) in [7, 11) is 0. The first-order valence-electron chi connectivity index (χ1n) is 3.08. The summed E-state index contributed by atoms with van der Waals surface area (Å²) in [5, 5.41) is 8.54. The largest absolute Gasteiger partial charge is 0.193 e. The van der Waals surface area contributed by atoms with Crippen LogP contribution < -0.4 is 0 Å². The van der Waals surface area contributed by atoms with Crippen molar-refractivity contribution in [3.8, 4) is 6.07 Å². The molecule has 1 aliphatic rings. The summed E-state index contributed by atoms with van der Waals surface area (Å²) >= 11 is 5.76. The van der Waals surface area contributed by atoms with Crippen molar-refractivity contribution < 1.29 is 0 Å². The van der Waals surface area contributed by atoms with Crippen LogP contribution in [0, 0.1) is 11.3 Å². The number of nitriles is 1. The third-order valence-corrected chi connectivity index (χ3v) is 1.80. The standard InChI is InChI=1S/C7H8ClN/c8-7-3-1-2-6(4-7)5-9/h4,7H,1-3H2. The van der Waals surface area contributed by atoms with Gasteiger partial charge >= 0.3 is 0 Å². The Morgan fingerprint density at radius 1 is 1.78 bits per heavy atom. The Labute approximate surface area is 59.9 Å². The van der Waals surface area contributed by atoms with Crippen molar-refractivity contribution >= 4 is 11.6 Å². The van der Waals surface area contributed by atoms with Crippen LogP contribution in [0.3, 0.4) is 0 Å². The third-order valence-electron chi connectivity index (χ3n) is 1.45. The Morgan fingerprint density at radius 3 is 3.00 bits per heavy atom. The van der Waals surface area contributed by atoms with Gasteiger partial charge in [-0.25, -0.2) is 0 Å². The molecule has 0 aliphatic heterocycles. The SMILES string of the molecule is N#CC1=CC(Cl)CCC1. The second-order valence-electron chi connectivity index (χ2n) is 2.21. The van der Waals surface area contributed by atoms with Crippen LogP contribution in [0.2, 0.25) is 0 Å². The van der Waals surface area contributed by atoms with Gasteiger partial charge in [0.25, 0.3) is 0 Å². The summed E-state index contributed by atoms with van der Waals surface area (Å²) in [6, 6.07) is 2.11. The Balaban J connectivity index is 2.62. The highest BCUT2D eigenvalue weighted by Gasteiger charge is 2.09. The van der Waals surface area contributed by atoms with Crippen LogP contribution in [0.15, 0.2) is 11.6 Å². The fourth-order valence-electron chi connectivity index (χ4n) is 0.966. The molecule has 0 saturated carbocycles. The van der Waals surface area contributed by atoms with Crippen LogP contribution >= 0.6 is 11.6 Å². The van der Waals surface area contributed by atoms with Gasteiger partial charge in [-0.2, -0.15) is 5.26 Å². The fraction of sp³-hybridized carbons (Fsp3) is 0.571. The molecule has 2 heteroatoms. The van der Waals surface area contributed by atoms with Gasteiger partial charge in [0.2, 0.25) is 0 Å². The second kappa shape index (κ2) is 2.89. The Bertz CT molecular complexity index is 166. The molecule has 1 nitrogen and oxygen atoms in total. The summed E-state index contributed by atoms with van der Waals surface area (Å²) in [5.74, 6) is 0. The van der Waals surface area contributed by atoms with Crippen molar-refractivity contribution in [2.24, 2.45) is 0 Å². The van der Waals surface area contributed by atoms with E-state index in [-0.39, 0.29) is 5.38 Å². The zero-order valence-corrected chi connectivity index (χ0v) is 5.86. The molecule has 0 aromatic carbocycles. The van der Waals surface area contributed by atoms with Gasteiger partial charge < -0.3 is 0 Å². The van der Waals surface area contributed by atoms with Crippen LogP contribution in [0.25, 0.3) is 0 Å². The molecule has 0 aromatic rings. The van der Waals surface area contributed by atoms with Gasteiger partial charge in [-0.15, -0.1) is 11.6 Å². The van der Waals surface area contributed by atoms with Crippen molar-refractivity contribution in [3.63, 3.8) is 0 Å². The lowest BCUT2D eigenvalue weighted by molar-refractivity contribution is 0.719. The van der Waals surface area contributed by atoms with Gasteiger partial charge in [0.15, 0.2) is 0 Å². The van der Waals surface area contributed by atoms with E-state index in [9.17, 15) is 0 Å². The average molecular weight is 142 g/mol. The lowest BCUT2D eigenvalue weighted by Crippen LogP contribution is -2.01.